The van der Waals surface area contributed by atoms with Gasteiger partial charge < -0.3 is 10.4 Å². The Hall–Kier alpha value is -2.70. The molecule has 2 N–H and O–H groups in total. The lowest BCUT2D eigenvalue weighted by Crippen LogP contribution is -2.23. The topological polar surface area (TPSA) is 67.2 Å². The van der Waals surface area contributed by atoms with Gasteiger partial charge in [-0.1, -0.05) is 17.7 Å². The van der Waals surface area contributed by atoms with Gasteiger partial charge in [0.15, 0.2) is 0 Å². The van der Waals surface area contributed by atoms with Crippen molar-refractivity contribution in [2.45, 2.75) is 20.1 Å². The molecule has 2 aromatic carbocycles. The van der Waals surface area contributed by atoms with Crippen LogP contribution in [0.3, 0.4) is 0 Å². The van der Waals surface area contributed by atoms with Gasteiger partial charge in [-0.25, -0.2) is 9.07 Å². The molecule has 26 heavy (non-hydrogen) atoms. The number of hydrogen-bond donors (Lipinski definition) is 2. The third-order valence-electron chi connectivity index (χ3n) is 3.97. The Bertz CT molecular complexity index is 938. The molecule has 0 saturated carbocycles. The van der Waals surface area contributed by atoms with Gasteiger partial charge in [0.2, 0.25) is 0 Å². The van der Waals surface area contributed by atoms with Gasteiger partial charge in [0, 0.05) is 23.3 Å². The normalized spacial score (nSPS) is 10.8. The van der Waals surface area contributed by atoms with Crippen molar-refractivity contribution in [1.29, 1.82) is 0 Å². The Morgan fingerprint density at radius 1 is 1.27 bits per heavy atom. The first-order valence-corrected chi connectivity index (χ1v) is 8.34. The van der Waals surface area contributed by atoms with E-state index >= 15 is 0 Å². The minimum atomic E-state index is -0.470. The molecule has 0 aliphatic heterocycles. The molecule has 7 heteroatoms. The van der Waals surface area contributed by atoms with Gasteiger partial charge in [0.1, 0.15) is 5.82 Å². The molecule has 1 amide bonds. The van der Waals surface area contributed by atoms with Crippen LogP contribution in [0, 0.1) is 12.7 Å². The molecule has 0 fully saturated rings. The van der Waals surface area contributed by atoms with Crippen LogP contribution in [-0.4, -0.2) is 20.8 Å². The molecule has 0 aliphatic rings. The molecule has 0 radical (unpaired) electrons. The van der Waals surface area contributed by atoms with Gasteiger partial charge in [-0.3, -0.25) is 4.79 Å². The van der Waals surface area contributed by atoms with Crippen molar-refractivity contribution in [3.63, 3.8) is 0 Å². The number of aromatic nitrogens is 2. The monoisotopic (exact) mass is 373 g/mol. The summed E-state index contributed by atoms with van der Waals surface area (Å²) in [4.78, 5) is 12.4. The van der Waals surface area contributed by atoms with Crippen molar-refractivity contribution in [2.75, 3.05) is 0 Å². The first-order chi connectivity index (χ1) is 12.5. The SMILES string of the molecule is Cc1nn(-c2ccc(Cl)cc2)cc1C(=O)NCc1ccc(F)c(CO)c1. The van der Waals surface area contributed by atoms with Crippen LogP contribution in [0.1, 0.15) is 27.2 Å². The fourth-order valence-electron chi connectivity index (χ4n) is 2.55. The lowest BCUT2D eigenvalue weighted by atomic mass is 10.1. The van der Waals surface area contributed by atoms with E-state index in [0.29, 0.717) is 21.8 Å². The first-order valence-electron chi connectivity index (χ1n) is 7.96. The maximum absolute atomic E-state index is 13.4. The lowest BCUT2D eigenvalue weighted by molar-refractivity contribution is 0.0950. The molecule has 3 rings (SSSR count). The van der Waals surface area contributed by atoms with Crippen molar-refractivity contribution in [2.24, 2.45) is 0 Å². The highest BCUT2D eigenvalue weighted by Crippen LogP contribution is 2.16. The molecule has 134 valence electrons. The van der Waals surface area contributed by atoms with E-state index in [1.165, 1.54) is 12.1 Å². The molecule has 1 aromatic heterocycles. The predicted octanol–water partition coefficient (Wildman–Crippen LogP) is 3.40. The number of hydrogen-bond acceptors (Lipinski definition) is 3. The van der Waals surface area contributed by atoms with Gasteiger partial charge in [-0.05, 0) is 48.9 Å². The first kappa shape index (κ1) is 18.1. The average Bonchev–Trinajstić information content (AvgIpc) is 3.03. The molecule has 0 atom stereocenters. The minimum absolute atomic E-state index is 0.198. The predicted molar refractivity (Wildman–Crippen MR) is 96.8 cm³/mol. The van der Waals surface area contributed by atoms with E-state index in [9.17, 15) is 9.18 Å². The van der Waals surface area contributed by atoms with Crippen LogP contribution >= 0.6 is 11.6 Å². The smallest absolute Gasteiger partial charge is 0.255 e. The molecule has 0 aliphatic carbocycles. The van der Waals surface area contributed by atoms with Crippen molar-refractivity contribution in [3.05, 3.63) is 81.9 Å². The van der Waals surface area contributed by atoms with Crippen molar-refractivity contribution >= 4 is 17.5 Å². The number of benzene rings is 2. The fourth-order valence-corrected chi connectivity index (χ4v) is 2.67. The van der Waals surface area contributed by atoms with Crippen LogP contribution in [0.5, 0.6) is 0 Å². The molecule has 0 spiro atoms. The Kier molecular flexibility index (Phi) is 5.35. The Balaban J connectivity index is 1.73. The zero-order chi connectivity index (χ0) is 18.7. The Labute approximate surface area is 155 Å². The molecule has 0 saturated heterocycles. The summed E-state index contributed by atoms with van der Waals surface area (Å²) in [5, 5.41) is 16.9. The van der Waals surface area contributed by atoms with E-state index in [0.717, 1.165) is 5.69 Å². The summed E-state index contributed by atoms with van der Waals surface area (Å²) in [6, 6.07) is 11.5. The Morgan fingerprint density at radius 3 is 2.69 bits per heavy atom. The molecule has 0 bridgehead atoms. The van der Waals surface area contributed by atoms with E-state index in [-0.39, 0.29) is 24.6 Å². The molecule has 0 unspecified atom stereocenters. The zero-order valence-electron chi connectivity index (χ0n) is 14.0. The minimum Gasteiger partial charge on any atom is -0.392 e. The van der Waals surface area contributed by atoms with Crippen LogP contribution in [0.25, 0.3) is 5.69 Å². The van der Waals surface area contributed by atoms with E-state index in [1.807, 2.05) is 12.1 Å². The molecule has 5 nitrogen and oxygen atoms in total. The van der Waals surface area contributed by atoms with Crippen LogP contribution < -0.4 is 5.32 Å². The number of aliphatic hydroxyl groups is 1. The number of nitrogens with zero attached hydrogens (tertiary/aromatic N) is 2. The largest absolute Gasteiger partial charge is 0.392 e. The van der Waals surface area contributed by atoms with Crippen LogP contribution in [0.2, 0.25) is 5.02 Å². The Morgan fingerprint density at radius 2 is 2.00 bits per heavy atom. The molecular formula is C19H17ClFN3O2. The van der Waals surface area contributed by atoms with Gasteiger partial charge in [-0.2, -0.15) is 5.10 Å². The summed E-state index contributed by atoms with van der Waals surface area (Å²) in [7, 11) is 0. The standard InChI is InChI=1S/C19H17ClFN3O2/c1-12-17(10-24(23-12)16-5-3-15(20)4-6-16)19(26)22-9-13-2-7-18(21)14(8-13)11-25/h2-8,10,25H,9,11H2,1H3,(H,22,26). The van der Waals surface area contributed by atoms with E-state index < -0.39 is 5.82 Å². The number of halogens is 2. The summed E-state index contributed by atoms with van der Waals surface area (Å²) >= 11 is 5.88. The number of carbonyl (C=O) groups excluding carboxylic acids is 1. The number of nitrogens with one attached hydrogen (secondary N) is 1. The summed E-state index contributed by atoms with van der Waals surface area (Å²) < 4.78 is 15.0. The van der Waals surface area contributed by atoms with Gasteiger partial charge >= 0.3 is 0 Å². The second-order valence-electron chi connectivity index (χ2n) is 5.82. The molecule has 1 heterocycles. The third kappa shape index (κ3) is 3.92. The highest BCUT2D eigenvalue weighted by molar-refractivity contribution is 6.30. The van der Waals surface area contributed by atoms with Crippen LogP contribution in [-0.2, 0) is 13.2 Å². The maximum Gasteiger partial charge on any atom is 0.255 e. The quantitative estimate of drug-likeness (QED) is 0.720. The highest BCUT2D eigenvalue weighted by Gasteiger charge is 2.14. The van der Waals surface area contributed by atoms with Crippen molar-refractivity contribution < 1.29 is 14.3 Å². The number of rotatable bonds is 5. The number of aliphatic hydroxyl groups excluding tert-OH is 1. The van der Waals surface area contributed by atoms with Crippen LogP contribution in [0.15, 0.2) is 48.7 Å². The summed E-state index contributed by atoms with van der Waals surface area (Å²) in [5.41, 5.74) is 2.73. The number of amides is 1. The summed E-state index contributed by atoms with van der Waals surface area (Å²) in [6.45, 7) is 1.58. The summed E-state index contributed by atoms with van der Waals surface area (Å²) in [6.07, 6.45) is 1.65. The van der Waals surface area contributed by atoms with Gasteiger partial charge in [-0.15, -0.1) is 0 Å². The van der Waals surface area contributed by atoms with Gasteiger partial charge in [0.05, 0.1) is 23.6 Å². The molecular weight excluding hydrogens is 357 g/mol. The van der Waals surface area contributed by atoms with Crippen molar-refractivity contribution in [3.8, 4) is 5.69 Å². The van der Waals surface area contributed by atoms with E-state index in [4.69, 9.17) is 16.7 Å². The van der Waals surface area contributed by atoms with Crippen molar-refractivity contribution in [1.82, 2.24) is 15.1 Å². The van der Waals surface area contributed by atoms with E-state index in [1.54, 1.807) is 36.0 Å². The average molecular weight is 374 g/mol. The second kappa shape index (κ2) is 7.68. The van der Waals surface area contributed by atoms with Crippen LogP contribution in [0.4, 0.5) is 4.39 Å². The second-order valence-corrected chi connectivity index (χ2v) is 6.25. The lowest BCUT2D eigenvalue weighted by Gasteiger charge is -2.07. The molecule has 3 aromatic rings. The zero-order valence-corrected chi connectivity index (χ0v) is 14.8. The third-order valence-corrected chi connectivity index (χ3v) is 4.22. The van der Waals surface area contributed by atoms with Gasteiger partial charge in [0.25, 0.3) is 5.91 Å². The number of carbonyl (C=O) groups is 1. The maximum atomic E-state index is 13.4. The summed E-state index contributed by atoms with van der Waals surface area (Å²) in [5.74, 6) is -0.750. The van der Waals surface area contributed by atoms with E-state index in [2.05, 4.69) is 10.4 Å². The number of aryl methyl sites for hydroxylation is 1. The highest BCUT2D eigenvalue weighted by atomic mass is 35.5. The fraction of sp³-hybridized carbons (Fsp3) is 0.158.